The number of nitrogens with one attached hydrogen (secondary N) is 1. The topological polar surface area (TPSA) is 50.3 Å². The molecule has 2 aromatic rings. The fourth-order valence-electron chi connectivity index (χ4n) is 1.80. The van der Waals surface area contributed by atoms with Crippen LogP contribution in [0.25, 0.3) is 0 Å². The van der Waals surface area contributed by atoms with E-state index >= 15 is 0 Å². The lowest BCUT2D eigenvalue weighted by Gasteiger charge is -2.13. The third-order valence-corrected chi connectivity index (χ3v) is 4.21. The minimum Gasteiger partial charge on any atom is -0.480 e. The molecule has 2 aromatic heterocycles. The Morgan fingerprint density at radius 2 is 2.05 bits per heavy atom. The number of thiazole rings is 1. The van der Waals surface area contributed by atoms with E-state index < -0.39 is 0 Å². The van der Waals surface area contributed by atoms with E-state index in [-0.39, 0.29) is 6.04 Å². The van der Waals surface area contributed by atoms with Crippen LogP contribution in [-0.4, -0.2) is 31.2 Å². The first kappa shape index (κ1) is 14.7. The third kappa shape index (κ3) is 3.46. The summed E-state index contributed by atoms with van der Waals surface area (Å²) >= 11 is 1.64. The Bertz CT molecular complexity index is 541. The van der Waals surface area contributed by atoms with Crippen LogP contribution in [0.4, 0.5) is 5.13 Å². The molecule has 6 heteroatoms. The standard InChI is InChI=1S/C14H20N4OS/c1-10(11-5-7-15-8-6-11)16-9-12-13(19-4)17-14(20-12)18(2)3/h5-8,10,16H,9H2,1-4H3/t10-/m1/s1. The second-order valence-electron chi connectivity index (χ2n) is 4.71. The van der Waals surface area contributed by atoms with E-state index in [0.717, 1.165) is 16.6 Å². The molecular weight excluding hydrogens is 272 g/mol. The van der Waals surface area contributed by atoms with Crippen molar-refractivity contribution in [2.45, 2.75) is 19.5 Å². The fraction of sp³-hybridized carbons (Fsp3) is 0.429. The van der Waals surface area contributed by atoms with E-state index in [1.165, 1.54) is 5.56 Å². The zero-order valence-corrected chi connectivity index (χ0v) is 13.1. The molecule has 0 bridgehead atoms. The SMILES string of the molecule is COc1nc(N(C)C)sc1CN[C@H](C)c1ccncc1. The van der Waals surface area contributed by atoms with Crippen LogP contribution in [0, 0.1) is 0 Å². The van der Waals surface area contributed by atoms with Crippen LogP contribution in [0.5, 0.6) is 5.88 Å². The Kier molecular flexibility index (Phi) is 4.92. The van der Waals surface area contributed by atoms with Crippen molar-refractivity contribution in [3.8, 4) is 5.88 Å². The van der Waals surface area contributed by atoms with Gasteiger partial charge in [0.2, 0.25) is 5.88 Å². The number of aromatic nitrogens is 2. The zero-order chi connectivity index (χ0) is 14.5. The molecule has 0 saturated heterocycles. The number of methoxy groups -OCH3 is 1. The molecule has 0 aliphatic heterocycles. The molecule has 0 spiro atoms. The van der Waals surface area contributed by atoms with E-state index in [1.807, 2.05) is 43.5 Å². The van der Waals surface area contributed by atoms with Crippen LogP contribution < -0.4 is 15.0 Å². The quantitative estimate of drug-likeness (QED) is 0.886. The molecule has 0 amide bonds. The van der Waals surface area contributed by atoms with Gasteiger partial charge in [-0.15, -0.1) is 0 Å². The van der Waals surface area contributed by atoms with Gasteiger partial charge in [0.15, 0.2) is 5.13 Å². The van der Waals surface area contributed by atoms with Gasteiger partial charge in [0.25, 0.3) is 0 Å². The highest BCUT2D eigenvalue weighted by molar-refractivity contribution is 7.15. The summed E-state index contributed by atoms with van der Waals surface area (Å²) in [4.78, 5) is 11.6. The number of ether oxygens (including phenoxy) is 1. The Morgan fingerprint density at radius 3 is 2.65 bits per heavy atom. The summed E-state index contributed by atoms with van der Waals surface area (Å²) in [5, 5.41) is 4.44. The van der Waals surface area contributed by atoms with Crippen molar-refractivity contribution in [1.29, 1.82) is 0 Å². The number of rotatable bonds is 6. The van der Waals surface area contributed by atoms with Gasteiger partial charge in [0.05, 0.1) is 12.0 Å². The van der Waals surface area contributed by atoms with Crippen molar-refractivity contribution >= 4 is 16.5 Å². The van der Waals surface area contributed by atoms with Crippen molar-refractivity contribution in [1.82, 2.24) is 15.3 Å². The Labute approximate surface area is 123 Å². The maximum Gasteiger partial charge on any atom is 0.230 e. The summed E-state index contributed by atoms with van der Waals surface area (Å²) in [5.41, 5.74) is 1.22. The second-order valence-corrected chi connectivity index (χ2v) is 5.77. The molecule has 0 unspecified atom stereocenters. The molecule has 2 rings (SSSR count). The van der Waals surface area contributed by atoms with Crippen molar-refractivity contribution in [2.75, 3.05) is 26.1 Å². The molecule has 1 atom stereocenters. The largest absolute Gasteiger partial charge is 0.480 e. The highest BCUT2D eigenvalue weighted by Gasteiger charge is 2.14. The molecule has 2 heterocycles. The van der Waals surface area contributed by atoms with Gasteiger partial charge in [0, 0.05) is 39.1 Å². The van der Waals surface area contributed by atoms with Crippen LogP contribution in [-0.2, 0) is 6.54 Å². The van der Waals surface area contributed by atoms with E-state index in [2.05, 4.69) is 22.2 Å². The monoisotopic (exact) mass is 292 g/mol. The summed E-state index contributed by atoms with van der Waals surface area (Å²) in [5.74, 6) is 0.702. The molecule has 0 aliphatic rings. The molecule has 0 aromatic carbocycles. The average molecular weight is 292 g/mol. The van der Waals surface area contributed by atoms with Crippen LogP contribution in [0.2, 0.25) is 0 Å². The van der Waals surface area contributed by atoms with Crippen molar-refractivity contribution in [2.24, 2.45) is 0 Å². The molecule has 20 heavy (non-hydrogen) atoms. The van der Waals surface area contributed by atoms with Crippen LogP contribution in [0.1, 0.15) is 23.4 Å². The van der Waals surface area contributed by atoms with Gasteiger partial charge < -0.3 is 15.0 Å². The predicted octanol–water partition coefficient (Wildman–Crippen LogP) is 2.46. The first-order valence-electron chi connectivity index (χ1n) is 6.46. The Balaban J connectivity index is 2.03. The van der Waals surface area contributed by atoms with Crippen LogP contribution in [0.3, 0.4) is 0 Å². The number of hydrogen-bond acceptors (Lipinski definition) is 6. The molecule has 108 valence electrons. The molecule has 0 saturated carbocycles. The molecule has 0 aliphatic carbocycles. The van der Waals surface area contributed by atoms with Gasteiger partial charge in [0.1, 0.15) is 0 Å². The summed E-state index contributed by atoms with van der Waals surface area (Å²) in [7, 11) is 5.62. The van der Waals surface area contributed by atoms with E-state index in [0.29, 0.717) is 5.88 Å². The first-order valence-corrected chi connectivity index (χ1v) is 7.27. The lowest BCUT2D eigenvalue weighted by Crippen LogP contribution is -2.17. The third-order valence-electron chi connectivity index (χ3n) is 3.00. The van der Waals surface area contributed by atoms with E-state index in [9.17, 15) is 0 Å². The van der Waals surface area contributed by atoms with Gasteiger partial charge in [-0.05, 0) is 24.6 Å². The minimum atomic E-state index is 0.257. The maximum atomic E-state index is 5.34. The van der Waals surface area contributed by atoms with Crippen molar-refractivity contribution < 1.29 is 4.74 Å². The normalized spacial score (nSPS) is 12.2. The van der Waals surface area contributed by atoms with Gasteiger partial charge in [-0.2, -0.15) is 4.98 Å². The van der Waals surface area contributed by atoms with Gasteiger partial charge >= 0.3 is 0 Å². The molecule has 0 fully saturated rings. The van der Waals surface area contributed by atoms with Crippen molar-refractivity contribution in [3.63, 3.8) is 0 Å². The highest BCUT2D eigenvalue weighted by atomic mass is 32.1. The summed E-state index contributed by atoms with van der Waals surface area (Å²) in [6.07, 6.45) is 3.62. The highest BCUT2D eigenvalue weighted by Crippen LogP contribution is 2.30. The van der Waals surface area contributed by atoms with Crippen LogP contribution in [0.15, 0.2) is 24.5 Å². The Hall–Kier alpha value is -1.66. The van der Waals surface area contributed by atoms with Crippen LogP contribution >= 0.6 is 11.3 Å². The number of anilines is 1. The summed E-state index contributed by atoms with van der Waals surface area (Å²) in [6.45, 7) is 2.87. The molecular formula is C14H20N4OS. The molecule has 1 N–H and O–H groups in total. The lowest BCUT2D eigenvalue weighted by atomic mass is 10.1. The van der Waals surface area contributed by atoms with E-state index in [1.54, 1.807) is 18.4 Å². The predicted molar refractivity (Wildman–Crippen MR) is 82.5 cm³/mol. The molecule has 0 radical (unpaired) electrons. The fourth-order valence-corrected chi connectivity index (χ4v) is 2.71. The lowest BCUT2D eigenvalue weighted by molar-refractivity contribution is 0.393. The second kappa shape index (κ2) is 6.67. The smallest absolute Gasteiger partial charge is 0.230 e. The summed E-state index contributed by atoms with van der Waals surface area (Å²) in [6, 6.07) is 4.30. The van der Waals surface area contributed by atoms with Gasteiger partial charge in [-0.25, -0.2) is 0 Å². The minimum absolute atomic E-state index is 0.257. The first-order chi connectivity index (χ1) is 9.61. The van der Waals surface area contributed by atoms with E-state index in [4.69, 9.17) is 4.74 Å². The van der Waals surface area contributed by atoms with Gasteiger partial charge in [-0.1, -0.05) is 11.3 Å². The number of pyridine rings is 1. The molecule has 5 nitrogen and oxygen atoms in total. The van der Waals surface area contributed by atoms with Crippen molar-refractivity contribution in [3.05, 3.63) is 35.0 Å². The number of nitrogens with zero attached hydrogens (tertiary/aromatic N) is 3. The van der Waals surface area contributed by atoms with Gasteiger partial charge in [-0.3, -0.25) is 4.98 Å². The summed E-state index contributed by atoms with van der Waals surface area (Å²) < 4.78 is 5.34. The maximum absolute atomic E-state index is 5.34. The average Bonchev–Trinajstić information content (AvgIpc) is 2.89. The Morgan fingerprint density at radius 1 is 1.35 bits per heavy atom. The number of hydrogen-bond donors (Lipinski definition) is 1. The zero-order valence-electron chi connectivity index (χ0n) is 12.3.